The lowest BCUT2D eigenvalue weighted by atomic mass is 10.8. The van der Waals surface area contributed by atoms with Gasteiger partial charge in [0.25, 0.3) is 0 Å². The number of alkyl halides is 1. The van der Waals surface area contributed by atoms with Crippen LogP contribution in [0.2, 0.25) is 0 Å². The maximum Gasteiger partial charge on any atom is 0.160 e. The number of hydrogen-bond acceptors (Lipinski definition) is 2. The second kappa shape index (κ2) is 2.43. The fraction of sp³-hybridized carbons (Fsp3) is 0.500. The Labute approximate surface area is 61.3 Å². The van der Waals surface area contributed by atoms with Crippen LogP contribution in [0.25, 0.3) is 0 Å². The maximum atomic E-state index is 4.03. The maximum absolute atomic E-state index is 4.03. The van der Waals surface area contributed by atoms with E-state index in [0.717, 1.165) is 10.3 Å². The van der Waals surface area contributed by atoms with Gasteiger partial charge in [-0.15, -0.1) is 0 Å². The Kier molecular flexibility index (Phi) is 1.82. The molecule has 0 N–H and O–H groups in total. The topological polar surface area (TPSA) is 30.7 Å². The predicted molar refractivity (Wildman–Crippen MR) is 38.7 cm³/mol. The molecule has 0 aromatic carbocycles. The van der Waals surface area contributed by atoms with E-state index in [1.165, 1.54) is 0 Å². The standard InChI is InChI=1S/C4H6IN3/c1-8-3-6-4(2-5)7-8/h3H,2H2,1H3. The van der Waals surface area contributed by atoms with Crippen molar-refractivity contribution in [1.29, 1.82) is 0 Å². The van der Waals surface area contributed by atoms with E-state index < -0.39 is 0 Å². The Bertz CT molecular complexity index is 172. The Morgan fingerprint density at radius 3 is 2.88 bits per heavy atom. The molecule has 3 nitrogen and oxygen atoms in total. The molecule has 4 heteroatoms. The number of rotatable bonds is 1. The first kappa shape index (κ1) is 6.00. The molecule has 0 atom stereocenters. The molecule has 0 saturated heterocycles. The lowest BCUT2D eigenvalue weighted by Gasteiger charge is -1.79. The number of aryl methyl sites for hydroxylation is 1. The molecule has 44 valence electrons. The molecule has 1 heterocycles. The van der Waals surface area contributed by atoms with Gasteiger partial charge in [0.15, 0.2) is 5.82 Å². The predicted octanol–water partition coefficient (Wildman–Crippen LogP) is 0.750. The van der Waals surface area contributed by atoms with Gasteiger partial charge >= 0.3 is 0 Å². The van der Waals surface area contributed by atoms with E-state index in [1.807, 2.05) is 7.05 Å². The second-order valence-electron chi connectivity index (χ2n) is 1.47. The number of nitrogens with zero attached hydrogens (tertiary/aromatic N) is 3. The van der Waals surface area contributed by atoms with Gasteiger partial charge in [0, 0.05) is 7.05 Å². The third-order valence-electron chi connectivity index (χ3n) is 0.767. The molecular formula is C4H6IN3. The number of aromatic nitrogens is 3. The van der Waals surface area contributed by atoms with Crippen molar-refractivity contribution >= 4 is 22.6 Å². The first-order valence-electron chi connectivity index (χ1n) is 2.23. The van der Waals surface area contributed by atoms with Gasteiger partial charge in [-0.1, -0.05) is 22.6 Å². The molecule has 1 rings (SSSR count). The molecule has 0 aliphatic rings. The first-order chi connectivity index (χ1) is 3.83. The van der Waals surface area contributed by atoms with Gasteiger partial charge in [0.1, 0.15) is 6.33 Å². The van der Waals surface area contributed by atoms with Crippen LogP contribution in [0.3, 0.4) is 0 Å². The van der Waals surface area contributed by atoms with Crippen LogP contribution in [-0.4, -0.2) is 14.8 Å². The third kappa shape index (κ3) is 1.18. The van der Waals surface area contributed by atoms with Crippen LogP contribution < -0.4 is 0 Å². The molecule has 8 heavy (non-hydrogen) atoms. The fourth-order valence-electron chi connectivity index (χ4n) is 0.445. The summed E-state index contributed by atoms with van der Waals surface area (Å²) in [4.78, 5) is 3.98. The molecule has 1 aromatic rings. The summed E-state index contributed by atoms with van der Waals surface area (Å²) in [5.41, 5.74) is 0. The average Bonchev–Trinajstić information content (AvgIpc) is 2.14. The van der Waals surface area contributed by atoms with Gasteiger partial charge in [-0.2, -0.15) is 5.10 Å². The van der Waals surface area contributed by atoms with Gasteiger partial charge in [-0.25, -0.2) is 4.98 Å². The minimum atomic E-state index is 0.888. The zero-order valence-corrected chi connectivity index (χ0v) is 6.66. The zero-order chi connectivity index (χ0) is 5.98. The molecule has 0 bridgehead atoms. The van der Waals surface area contributed by atoms with Crippen molar-refractivity contribution in [1.82, 2.24) is 14.8 Å². The molecule has 0 unspecified atom stereocenters. The zero-order valence-electron chi connectivity index (χ0n) is 4.50. The summed E-state index contributed by atoms with van der Waals surface area (Å²) in [6, 6.07) is 0. The fourth-order valence-corrected chi connectivity index (χ4v) is 0.795. The van der Waals surface area contributed by atoms with Crippen LogP contribution >= 0.6 is 22.6 Å². The van der Waals surface area contributed by atoms with Crippen LogP contribution in [0.4, 0.5) is 0 Å². The number of hydrogen-bond donors (Lipinski definition) is 0. The Balaban J connectivity index is 2.84. The summed E-state index contributed by atoms with van der Waals surface area (Å²) in [7, 11) is 1.86. The lowest BCUT2D eigenvalue weighted by Crippen LogP contribution is -1.87. The molecule has 0 fully saturated rings. The van der Waals surface area contributed by atoms with Crippen LogP contribution in [0, 0.1) is 0 Å². The van der Waals surface area contributed by atoms with Crippen molar-refractivity contribution in [2.45, 2.75) is 4.43 Å². The van der Waals surface area contributed by atoms with Crippen LogP contribution in [0.5, 0.6) is 0 Å². The van der Waals surface area contributed by atoms with Crippen molar-refractivity contribution < 1.29 is 0 Å². The van der Waals surface area contributed by atoms with Gasteiger partial charge < -0.3 is 0 Å². The van der Waals surface area contributed by atoms with Crippen molar-refractivity contribution in [2.75, 3.05) is 0 Å². The quantitative estimate of drug-likeness (QED) is 0.519. The van der Waals surface area contributed by atoms with E-state index in [4.69, 9.17) is 0 Å². The monoisotopic (exact) mass is 223 g/mol. The average molecular weight is 223 g/mol. The first-order valence-corrected chi connectivity index (χ1v) is 3.76. The Hall–Kier alpha value is -0.130. The van der Waals surface area contributed by atoms with E-state index in [9.17, 15) is 0 Å². The van der Waals surface area contributed by atoms with Crippen LogP contribution in [0.1, 0.15) is 5.82 Å². The summed E-state index contributed by atoms with van der Waals surface area (Å²) >= 11 is 2.23. The minimum Gasteiger partial charge on any atom is -0.256 e. The smallest absolute Gasteiger partial charge is 0.160 e. The highest BCUT2D eigenvalue weighted by Gasteiger charge is 1.91. The van der Waals surface area contributed by atoms with E-state index >= 15 is 0 Å². The van der Waals surface area contributed by atoms with Crippen molar-refractivity contribution in [2.24, 2.45) is 7.05 Å². The highest BCUT2D eigenvalue weighted by Crippen LogP contribution is 1.94. The summed E-state index contributed by atoms with van der Waals surface area (Å²) < 4.78 is 2.59. The van der Waals surface area contributed by atoms with Crippen LogP contribution in [-0.2, 0) is 11.5 Å². The second-order valence-corrected chi connectivity index (χ2v) is 2.23. The van der Waals surface area contributed by atoms with E-state index in [-0.39, 0.29) is 0 Å². The number of halogens is 1. The lowest BCUT2D eigenvalue weighted by molar-refractivity contribution is 0.755. The molecular weight excluding hydrogens is 217 g/mol. The summed E-state index contributed by atoms with van der Waals surface area (Å²) in [5.74, 6) is 0.896. The Morgan fingerprint density at radius 2 is 2.62 bits per heavy atom. The van der Waals surface area contributed by atoms with E-state index in [2.05, 4.69) is 32.7 Å². The van der Waals surface area contributed by atoms with Crippen molar-refractivity contribution in [3.63, 3.8) is 0 Å². The molecule has 1 aromatic heterocycles. The summed E-state index contributed by atoms with van der Waals surface area (Å²) in [6.07, 6.45) is 1.70. The van der Waals surface area contributed by atoms with Gasteiger partial charge in [0.05, 0.1) is 4.43 Å². The molecule has 0 spiro atoms. The Morgan fingerprint density at radius 1 is 1.88 bits per heavy atom. The molecule has 0 saturated carbocycles. The summed E-state index contributed by atoms with van der Waals surface area (Å²) in [6.45, 7) is 0. The molecule has 0 aliphatic heterocycles. The van der Waals surface area contributed by atoms with Gasteiger partial charge in [-0.3, -0.25) is 4.68 Å². The minimum absolute atomic E-state index is 0.888. The highest BCUT2D eigenvalue weighted by molar-refractivity contribution is 14.1. The highest BCUT2D eigenvalue weighted by atomic mass is 127. The largest absolute Gasteiger partial charge is 0.256 e. The molecule has 0 radical (unpaired) electrons. The molecule has 0 amide bonds. The van der Waals surface area contributed by atoms with E-state index in [0.29, 0.717) is 0 Å². The third-order valence-corrected chi connectivity index (χ3v) is 1.45. The molecule has 0 aliphatic carbocycles. The van der Waals surface area contributed by atoms with Crippen LogP contribution in [0.15, 0.2) is 6.33 Å². The SMILES string of the molecule is Cn1cnc(CI)n1. The summed E-state index contributed by atoms with van der Waals surface area (Å²) in [5, 5.41) is 4.03. The van der Waals surface area contributed by atoms with Crippen molar-refractivity contribution in [3.8, 4) is 0 Å². The van der Waals surface area contributed by atoms with Crippen molar-refractivity contribution in [3.05, 3.63) is 12.2 Å². The van der Waals surface area contributed by atoms with Gasteiger partial charge in [0.2, 0.25) is 0 Å². The van der Waals surface area contributed by atoms with Gasteiger partial charge in [-0.05, 0) is 0 Å². The normalized spacial score (nSPS) is 9.75. The van der Waals surface area contributed by atoms with E-state index in [1.54, 1.807) is 11.0 Å².